The molecular weight excluding hydrogens is 259 g/mol. The zero-order chi connectivity index (χ0) is 12.5. The number of alkyl halides is 2. The number of benzene rings is 1. The predicted octanol–water partition coefficient (Wildman–Crippen LogP) is 3.36. The number of hydrogen-bond acceptors (Lipinski definition) is 2. The maximum atomic E-state index is 11.7. The van der Waals surface area contributed by atoms with E-state index in [1.54, 1.807) is 6.92 Å². The number of halogens is 2. The summed E-state index contributed by atoms with van der Waals surface area (Å²) in [5.41, 5.74) is 0.413. The Morgan fingerprint density at radius 3 is 2.47 bits per heavy atom. The minimum Gasteiger partial charge on any atom is -0.465 e. The Morgan fingerprint density at radius 1 is 1.35 bits per heavy atom. The minimum atomic E-state index is -0.948. The van der Waals surface area contributed by atoms with Crippen molar-refractivity contribution < 1.29 is 9.53 Å². The predicted molar refractivity (Wildman–Crippen MR) is 68.3 cm³/mol. The van der Waals surface area contributed by atoms with Crippen molar-refractivity contribution in [3.63, 3.8) is 0 Å². The molecule has 0 amide bonds. The summed E-state index contributed by atoms with van der Waals surface area (Å²) in [5, 5.41) is 0. The van der Waals surface area contributed by atoms with E-state index in [0.717, 1.165) is 5.56 Å². The van der Waals surface area contributed by atoms with Crippen LogP contribution in [0.15, 0.2) is 30.3 Å². The molecule has 0 radical (unpaired) electrons. The molecule has 1 aliphatic rings. The van der Waals surface area contributed by atoms with Gasteiger partial charge in [0.15, 0.2) is 0 Å². The van der Waals surface area contributed by atoms with Crippen molar-refractivity contribution in [2.24, 2.45) is 5.41 Å². The van der Waals surface area contributed by atoms with Gasteiger partial charge in [-0.05, 0) is 12.5 Å². The molecule has 0 aliphatic heterocycles. The van der Waals surface area contributed by atoms with Crippen molar-refractivity contribution in [2.75, 3.05) is 6.61 Å². The van der Waals surface area contributed by atoms with E-state index in [2.05, 4.69) is 0 Å². The molecular formula is C13H14Cl2O2. The lowest BCUT2D eigenvalue weighted by atomic mass is 10.1. The van der Waals surface area contributed by atoms with Crippen molar-refractivity contribution in [1.82, 2.24) is 0 Å². The van der Waals surface area contributed by atoms with Crippen LogP contribution < -0.4 is 0 Å². The maximum Gasteiger partial charge on any atom is 0.314 e. The van der Waals surface area contributed by atoms with Crippen molar-refractivity contribution in [3.05, 3.63) is 35.9 Å². The lowest BCUT2D eigenvalue weighted by molar-refractivity contribution is -0.149. The molecule has 1 atom stereocenters. The van der Waals surface area contributed by atoms with Gasteiger partial charge in [-0.15, -0.1) is 23.2 Å². The Morgan fingerprint density at radius 2 is 1.94 bits per heavy atom. The van der Waals surface area contributed by atoms with Crippen molar-refractivity contribution >= 4 is 29.2 Å². The van der Waals surface area contributed by atoms with Gasteiger partial charge in [0, 0.05) is 12.8 Å². The molecule has 0 N–H and O–H groups in total. The van der Waals surface area contributed by atoms with Crippen LogP contribution in [0.2, 0.25) is 0 Å². The zero-order valence-electron chi connectivity index (χ0n) is 9.58. The molecule has 17 heavy (non-hydrogen) atoms. The lowest BCUT2D eigenvalue weighted by Gasteiger charge is -2.11. The Bertz CT molecular complexity index is 417. The summed E-state index contributed by atoms with van der Waals surface area (Å²) >= 11 is 11.8. The van der Waals surface area contributed by atoms with Crippen LogP contribution in [0.4, 0.5) is 0 Å². The maximum absolute atomic E-state index is 11.7. The zero-order valence-corrected chi connectivity index (χ0v) is 11.1. The Labute approximate surface area is 111 Å². The van der Waals surface area contributed by atoms with Crippen LogP contribution in [-0.4, -0.2) is 16.9 Å². The van der Waals surface area contributed by atoms with E-state index in [1.807, 2.05) is 30.3 Å². The van der Waals surface area contributed by atoms with Gasteiger partial charge >= 0.3 is 5.97 Å². The molecule has 1 unspecified atom stereocenters. The van der Waals surface area contributed by atoms with E-state index < -0.39 is 9.75 Å². The molecule has 0 bridgehead atoms. The highest BCUT2D eigenvalue weighted by atomic mass is 35.5. The standard InChI is InChI=1S/C13H14Cl2O2/c1-12(9-13(12,14)15)11(16)17-8-7-10-5-3-2-4-6-10/h2-6H,7-9H2,1H3. The molecule has 1 fully saturated rings. The number of ether oxygens (including phenoxy) is 1. The first kappa shape index (κ1) is 12.7. The quantitative estimate of drug-likeness (QED) is 0.621. The molecule has 1 saturated carbocycles. The monoisotopic (exact) mass is 272 g/mol. The molecule has 0 spiro atoms. The second-order valence-corrected chi connectivity index (χ2v) is 6.07. The van der Waals surface area contributed by atoms with E-state index in [-0.39, 0.29) is 5.97 Å². The second kappa shape index (κ2) is 4.51. The van der Waals surface area contributed by atoms with E-state index >= 15 is 0 Å². The van der Waals surface area contributed by atoms with Crippen molar-refractivity contribution in [2.45, 2.75) is 24.1 Å². The van der Waals surface area contributed by atoms with E-state index in [1.165, 1.54) is 0 Å². The minimum absolute atomic E-state index is 0.307. The van der Waals surface area contributed by atoms with Crippen LogP contribution in [0, 0.1) is 5.41 Å². The molecule has 4 heteroatoms. The molecule has 1 aromatic rings. The molecule has 1 aromatic carbocycles. The third-order valence-electron chi connectivity index (χ3n) is 3.18. The second-order valence-electron chi connectivity index (χ2n) is 4.58. The van der Waals surface area contributed by atoms with Gasteiger partial charge in [0.2, 0.25) is 0 Å². The summed E-state index contributed by atoms with van der Waals surface area (Å²) in [5.74, 6) is -0.307. The van der Waals surface area contributed by atoms with Gasteiger partial charge in [0.1, 0.15) is 9.75 Å². The van der Waals surface area contributed by atoms with Gasteiger partial charge in [0.25, 0.3) is 0 Å². The van der Waals surface area contributed by atoms with Gasteiger partial charge < -0.3 is 4.74 Å². The molecule has 0 aromatic heterocycles. The highest BCUT2D eigenvalue weighted by Crippen LogP contribution is 2.64. The third-order valence-corrected chi connectivity index (χ3v) is 4.28. The van der Waals surface area contributed by atoms with Gasteiger partial charge in [-0.1, -0.05) is 30.3 Å². The van der Waals surface area contributed by atoms with E-state index in [4.69, 9.17) is 27.9 Å². The molecule has 2 nitrogen and oxygen atoms in total. The van der Waals surface area contributed by atoms with Crippen molar-refractivity contribution in [3.8, 4) is 0 Å². The average Bonchev–Trinajstić information content (AvgIpc) is 2.81. The highest BCUT2D eigenvalue weighted by Gasteiger charge is 2.69. The Balaban J connectivity index is 1.79. The van der Waals surface area contributed by atoms with Crippen molar-refractivity contribution in [1.29, 1.82) is 0 Å². The Hall–Kier alpha value is -0.730. The SMILES string of the molecule is CC1(C(=O)OCCc2ccccc2)CC1(Cl)Cl. The topological polar surface area (TPSA) is 26.3 Å². The van der Waals surface area contributed by atoms with Gasteiger partial charge in [-0.3, -0.25) is 4.79 Å². The molecule has 92 valence electrons. The van der Waals surface area contributed by atoms with Gasteiger partial charge in [-0.2, -0.15) is 0 Å². The smallest absolute Gasteiger partial charge is 0.314 e. The average molecular weight is 273 g/mol. The number of rotatable bonds is 4. The summed E-state index contributed by atoms with van der Waals surface area (Å²) in [6.07, 6.45) is 1.17. The molecule has 1 aliphatic carbocycles. The Kier molecular flexibility index (Phi) is 3.37. The largest absolute Gasteiger partial charge is 0.465 e. The van der Waals surface area contributed by atoms with Crippen LogP contribution >= 0.6 is 23.2 Å². The van der Waals surface area contributed by atoms with Crippen LogP contribution in [-0.2, 0) is 16.0 Å². The molecule has 2 rings (SSSR count). The molecule has 0 saturated heterocycles. The first-order valence-electron chi connectivity index (χ1n) is 5.55. The third kappa shape index (κ3) is 2.58. The van der Waals surface area contributed by atoms with E-state index in [0.29, 0.717) is 19.4 Å². The number of hydrogen-bond donors (Lipinski definition) is 0. The molecule has 0 heterocycles. The first-order chi connectivity index (χ1) is 7.96. The van der Waals surface area contributed by atoms with Crippen LogP contribution in [0.5, 0.6) is 0 Å². The van der Waals surface area contributed by atoms with Crippen LogP contribution in [0.3, 0.4) is 0 Å². The summed E-state index contributed by atoms with van der Waals surface area (Å²) in [6, 6.07) is 9.88. The normalized spacial score (nSPS) is 25.4. The fourth-order valence-corrected chi connectivity index (χ4v) is 2.38. The number of esters is 1. The van der Waals surface area contributed by atoms with Crippen LogP contribution in [0.1, 0.15) is 18.9 Å². The fourth-order valence-electron chi connectivity index (χ4n) is 1.69. The highest BCUT2D eigenvalue weighted by molar-refractivity contribution is 6.53. The number of carbonyl (C=O) groups is 1. The van der Waals surface area contributed by atoms with E-state index in [9.17, 15) is 4.79 Å². The van der Waals surface area contributed by atoms with Crippen LogP contribution in [0.25, 0.3) is 0 Å². The fraction of sp³-hybridized carbons (Fsp3) is 0.462. The summed E-state index contributed by atoms with van der Waals surface area (Å²) in [7, 11) is 0. The lowest BCUT2D eigenvalue weighted by Crippen LogP contribution is -2.22. The summed E-state index contributed by atoms with van der Waals surface area (Å²) in [6.45, 7) is 2.10. The first-order valence-corrected chi connectivity index (χ1v) is 6.30. The van der Waals surface area contributed by atoms with Gasteiger partial charge in [0.05, 0.1) is 6.61 Å². The summed E-state index contributed by atoms with van der Waals surface area (Å²) in [4.78, 5) is 11.7. The summed E-state index contributed by atoms with van der Waals surface area (Å²) < 4.78 is 4.25. The van der Waals surface area contributed by atoms with Gasteiger partial charge in [-0.25, -0.2) is 0 Å². The number of carbonyl (C=O) groups excluding carboxylic acids is 1.